The lowest BCUT2D eigenvalue weighted by atomic mass is 9.90. The van der Waals surface area contributed by atoms with Crippen molar-refractivity contribution in [2.24, 2.45) is 0 Å². The fraction of sp³-hybridized carbons (Fsp3) is 0.429. The second kappa shape index (κ2) is 3.63. The Kier molecular flexibility index (Phi) is 2.25. The lowest BCUT2D eigenvalue weighted by Crippen LogP contribution is -2.26. The molecule has 0 saturated heterocycles. The number of nitrogens with two attached hydrogens (primary N) is 1. The first-order chi connectivity index (χ1) is 7.74. The number of benzene rings is 1. The summed E-state index contributed by atoms with van der Waals surface area (Å²) in [6.45, 7) is 2.12. The van der Waals surface area contributed by atoms with E-state index in [9.17, 15) is 0 Å². The number of nitrogens with zero attached hydrogens (tertiary/aromatic N) is 1. The predicted octanol–water partition coefficient (Wildman–Crippen LogP) is 2.43. The summed E-state index contributed by atoms with van der Waals surface area (Å²) in [4.78, 5) is 2.36. The van der Waals surface area contributed by atoms with Crippen LogP contribution in [0.5, 0.6) is 0 Å². The van der Waals surface area contributed by atoms with Gasteiger partial charge in [-0.25, -0.2) is 0 Å². The molecule has 84 valence electrons. The molecule has 0 atom stereocenters. The van der Waals surface area contributed by atoms with Crippen LogP contribution in [0, 0.1) is 0 Å². The van der Waals surface area contributed by atoms with Crippen LogP contribution in [-0.4, -0.2) is 18.5 Å². The summed E-state index contributed by atoms with van der Waals surface area (Å²) in [6.07, 6.45) is 6.05. The zero-order valence-electron chi connectivity index (χ0n) is 9.79. The van der Waals surface area contributed by atoms with E-state index < -0.39 is 0 Å². The molecule has 2 aliphatic rings. The molecule has 2 heteroatoms. The number of nitrogen functional groups attached to an aromatic ring is 1. The van der Waals surface area contributed by atoms with Crippen LogP contribution in [0.15, 0.2) is 18.2 Å². The number of anilines is 1. The van der Waals surface area contributed by atoms with Crippen molar-refractivity contribution in [3.8, 4) is 0 Å². The number of allylic oxidation sites excluding steroid dienone is 1. The van der Waals surface area contributed by atoms with Gasteiger partial charge in [0.15, 0.2) is 0 Å². The van der Waals surface area contributed by atoms with Crippen molar-refractivity contribution < 1.29 is 0 Å². The Hall–Kier alpha value is -1.28. The van der Waals surface area contributed by atoms with E-state index in [1.165, 1.54) is 41.5 Å². The zero-order valence-corrected chi connectivity index (χ0v) is 9.79. The fourth-order valence-electron chi connectivity index (χ4n) is 2.98. The van der Waals surface area contributed by atoms with Gasteiger partial charge < -0.3 is 5.73 Å². The summed E-state index contributed by atoms with van der Waals surface area (Å²) in [6, 6.07) is 4.32. The number of likely N-dealkylation sites (N-methyl/N-ethyl adjacent to an activating group) is 1. The molecule has 0 spiro atoms. The van der Waals surface area contributed by atoms with Gasteiger partial charge in [-0.3, -0.25) is 4.90 Å². The van der Waals surface area contributed by atoms with E-state index >= 15 is 0 Å². The molecule has 2 N–H and O–H groups in total. The highest BCUT2D eigenvalue weighted by Crippen LogP contribution is 2.34. The number of rotatable bonds is 0. The molecule has 0 fully saturated rings. The summed E-state index contributed by atoms with van der Waals surface area (Å²) < 4.78 is 0. The van der Waals surface area contributed by atoms with Crippen LogP contribution in [0.4, 0.5) is 5.69 Å². The molecule has 0 unspecified atom stereocenters. The molecule has 1 aliphatic carbocycles. The van der Waals surface area contributed by atoms with Gasteiger partial charge in [0.2, 0.25) is 0 Å². The molecule has 16 heavy (non-hydrogen) atoms. The van der Waals surface area contributed by atoms with Crippen LogP contribution in [0.2, 0.25) is 0 Å². The Morgan fingerprint density at radius 2 is 2.00 bits per heavy atom. The molecule has 0 bridgehead atoms. The highest BCUT2D eigenvalue weighted by atomic mass is 15.1. The highest BCUT2D eigenvalue weighted by Gasteiger charge is 2.22. The van der Waals surface area contributed by atoms with Gasteiger partial charge in [0.05, 0.1) is 0 Å². The van der Waals surface area contributed by atoms with E-state index in [0.717, 1.165) is 18.8 Å². The Bertz CT molecular complexity index is 460. The van der Waals surface area contributed by atoms with E-state index in [1.54, 1.807) is 0 Å². The number of hydrogen-bond acceptors (Lipinski definition) is 2. The van der Waals surface area contributed by atoms with E-state index in [4.69, 9.17) is 5.73 Å². The Morgan fingerprint density at radius 3 is 2.88 bits per heavy atom. The van der Waals surface area contributed by atoms with Crippen molar-refractivity contribution >= 4 is 11.3 Å². The normalized spacial score (nSPS) is 19.9. The molecule has 0 saturated carbocycles. The van der Waals surface area contributed by atoms with Gasteiger partial charge in [0.1, 0.15) is 0 Å². The van der Waals surface area contributed by atoms with Gasteiger partial charge in [-0.2, -0.15) is 0 Å². The molecular weight excluding hydrogens is 196 g/mol. The average molecular weight is 214 g/mol. The topological polar surface area (TPSA) is 29.3 Å². The Labute approximate surface area is 96.7 Å². The van der Waals surface area contributed by atoms with Crippen molar-refractivity contribution in [1.29, 1.82) is 0 Å². The summed E-state index contributed by atoms with van der Waals surface area (Å²) in [5, 5.41) is 0. The Morgan fingerprint density at radius 1 is 1.19 bits per heavy atom. The smallest absolute Gasteiger partial charge is 0.0320 e. The third-order valence-corrected chi connectivity index (χ3v) is 3.57. The lowest BCUT2D eigenvalue weighted by molar-refractivity contribution is 0.359. The molecule has 1 aromatic carbocycles. The van der Waals surface area contributed by atoms with Crippen LogP contribution in [0.3, 0.4) is 0 Å². The maximum Gasteiger partial charge on any atom is 0.0320 e. The summed E-state index contributed by atoms with van der Waals surface area (Å²) in [7, 11) is 2.18. The highest BCUT2D eigenvalue weighted by molar-refractivity contribution is 5.76. The molecule has 1 aromatic rings. The summed E-state index contributed by atoms with van der Waals surface area (Å²) >= 11 is 0. The maximum absolute atomic E-state index is 5.99. The second-order valence-corrected chi connectivity index (χ2v) is 5.01. The number of aryl methyl sites for hydroxylation is 1. The minimum atomic E-state index is 0.922. The summed E-state index contributed by atoms with van der Waals surface area (Å²) in [5.74, 6) is 0. The summed E-state index contributed by atoms with van der Waals surface area (Å²) in [5.41, 5.74) is 12.8. The third-order valence-electron chi connectivity index (χ3n) is 3.57. The molecule has 3 rings (SSSR count). The molecule has 0 amide bonds. The van der Waals surface area contributed by atoms with Crippen LogP contribution in [0.25, 0.3) is 5.57 Å². The SMILES string of the molecule is CN1CC2=CCCCc3cc(N)cc(c32)C1. The van der Waals surface area contributed by atoms with Crippen molar-refractivity contribution in [3.63, 3.8) is 0 Å². The number of hydrogen-bond donors (Lipinski definition) is 1. The van der Waals surface area contributed by atoms with Crippen molar-refractivity contribution in [1.82, 2.24) is 4.90 Å². The third kappa shape index (κ3) is 1.54. The predicted molar refractivity (Wildman–Crippen MR) is 68.1 cm³/mol. The van der Waals surface area contributed by atoms with Gasteiger partial charge in [0, 0.05) is 18.8 Å². The van der Waals surface area contributed by atoms with E-state index in [-0.39, 0.29) is 0 Å². The van der Waals surface area contributed by atoms with E-state index in [2.05, 4.69) is 30.2 Å². The first-order valence-corrected chi connectivity index (χ1v) is 6.03. The minimum absolute atomic E-state index is 0.922. The molecule has 1 aliphatic heterocycles. The van der Waals surface area contributed by atoms with Gasteiger partial charge in [-0.15, -0.1) is 0 Å². The molecule has 1 heterocycles. The quantitative estimate of drug-likeness (QED) is 0.672. The first-order valence-electron chi connectivity index (χ1n) is 6.03. The molecule has 0 radical (unpaired) electrons. The van der Waals surface area contributed by atoms with Crippen LogP contribution < -0.4 is 5.73 Å². The van der Waals surface area contributed by atoms with E-state index in [0.29, 0.717) is 0 Å². The Balaban J connectivity index is 2.22. The van der Waals surface area contributed by atoms with Crippen LogP contribution in [-0.2, 0) is 13.0 Å². The van der Waals surface area contributed by atoms with Gasteiger partial charge >= 0.3 is 0 Å². The second-order valence-electron chi connectivity index (χ2n) is 5.01. The monoisotopic (exact) mass is 214 g/mol. The van der Waals surface area contributed by atoms with Crippen molar-refractivity contribution in [2.45, 2.75) is 25.8 Å². The average Bonchev–Trinajstić information content (AvgIpc) is 2.40. The van der Waals surface area contributed by atoms with Gasteiger partial charge in [0.25, 0.3) is 0 Å². The fourth-order valence-corrected chi connectivity index (χ4v) is 2.98. The van der Waals surface area contributed by atoms with E-state index in [1.807, 2.05) is 0 Å². The molecule has 2 nitrogen and oxygen atoms in total. The van der Waals surface area contributed by atoms with Crippen LogP contribution in [0.1, 0.15) is 29.5 Å². The largest absolute Gasteiger partial charge is 0.399 e. The van der Waals surface area contributed by atoms with Crippen LogP contribution >= 0.6 is 0 Å². The van der Waals surface area contributed by atoms with Crippen molar-refractivity contribution in [3.05, 3.63) is 34.9 Å². The standard InChI is InChI=1S/C14H18N2/c1-16-8-11-5-3-2-4-10-6-13(15)7-12(9-16)14(10)11/h5-7H,2-4,8-9,15H2,1H3. The van der Waals surface area contributed by atoms with Gasteiger partial charge in [-0.05, 0) is 60.7 Å². The zero-order chi connectivity index (χ0) is 11.1. The van der Waals surface area contributed by atoms with Crippen molar-refractivity contribution in [2.75, 3.05) is 19.3 Å². The molecular formula is C14H18N2. The maximum atomic E-state index is 5.99. The molecule has 0 aromatic heterocycles. The lowest BCUT2D eigenvalue weighted by Gasteiger charge is -2.29. The minimum Gasteiger partial charge on any atom is -0.399 e. The van der Waals surface area contributed by atoms with Gasteiger partial charge in [-0.1, -0.05) is 6.08 Å². The first kappa shape index (κ1) is 9.91.